The number of imidazole rings is 1. The number of pyridine rings is 1. The van der Waals surface area contributed by atoms with E-state index in [0.29, 0.717) is 39.2 Å². The minimum absolute atomic E-state index is 0.321. The highest BCUT2D eigenvalue weighted by atomic mass is 19.1. The number of nitrogens with two attached hydrogens (primary N) is 1. The number of piperidine rings is 1. The van der Waals surface area contributed by atoms with Crippen molar-refractivity contribution in [2.45, 2.75) is 26.2 Å². The third-order valence-electron chi connectivity index (χ3n) is 7.32. The Morgan fingerprint density at radius 3 is 2.64 bits per heavy atom. The lowest BCUT2D eigenvalue weighted by Crippen LogP contribution is -2.31. The molecule has 1 aliphatic rings. The molecule has 2 aromatic carbocycles. The number of aromatic amines is 1. The van der Waals surface area contributed by atoms with E-state index in [1.165, 1.54) is 30.9 Å². The molecule has 0 radical (unpaired) electrons. The summed E-state index contributed by atoms with van der Waals surface area (Å²) in [6, 6.07) is 12.6. The average Bonchev–Trinajstić information content (AvgIpc) is 3.41. The summed E-state index contributed by atoms with van der Waals surface area (Å²) in [5, 5.41) is 0. The first kappa shape index (κ1) is 26.3. The predicted molar refractivity (Wildman–Crippen MR) is 160 cm³/mol. The molecule has 0 unspecified atom stereocenters. The number of aromatic nitrogens is 3. The highest BCUT2D eigenvalue weighted by Crippen LogP contribution is 2.33. The highest BCUT2D eigenvalue weighted by molar-refractivity contribution is 5.94. The number of allylic oxidation sites excluding steroid dienone is 3. The van der Waals surface area contributed by atoms with Crippen LogP contribution >= 0.6 is 0 Å². The van der Waals surface area contributed by atoms with Crippen LogP contribution in [0.2, 0.25) is 0 Å². The zero-order valence-electron chi connectivity index (χ0n) is 22.4. The third kappa shape index (κ3) is 5.61. The Bertz CT molecular complexity index is 1590. The van der Waals surface area contributed by atoms with Gasteiger partial charge in [-0.3, -0.25) is 9.88 Å². The number of benzene rings is 2. The second-order valence-electron chi connectivity index (χ2n) is 9.93. The summed E-state index contributed by atoms with van der Waals surface area (Å²) in [6.07, 6.45) is 13.4. The van der Waals surface area contributed by atoms with Gasteiger partial charge in [0.25, 0.3) is 0 Å². The number of hydrogen-bond acceptors (Lipinski definition) is 4. The molecule has 0 spiro atoms. The van der Waals surface area contributed by atoms with Crippen LogP contribution in [0.3, 0.4) is 0 Å². The zero-order chi connectivity index (χ0) is 27.4. The molecule has 6 heteroatoms. The average molecular weight is 520 g/mol. The van der Waals surface area contributed by atoms with Crippen LogP contribution in [0.5, 0.6) is 0 Å². The van der Waals surface area contributed by atoms with Crippen molar-refractivity contribution in [1.82, 2.24) is 19.9 Å². The van der Waals surface area contributed by atoms with E-state index in [0.717, 1.165) is 36.3 Å². The van der Waals surface area contributed by atoms with Gasteiger partial charge in [0.1, 0.15) is 17.2 Å². The molecule has 39 heavy (non-hydrogen) atoms. The van der Waals surface area contributed by atoms with Crippen LogP contribution < -0.4 is 5.73 Å². The van der Waals surface area contributed by atoms with Crippen molar-refractivity contribution in [2.75, 3.05) is 25.4 Å². The van der Waals surface area contributed by atoms with Gasteiger partial charge < -0.3 is 10.7 Å². The van der Waals surface area contributed by atoms with E-state index in [1.54, 1.807) is 30.6 Å². The molecule has 1 aliphatic heterocycles. The summed E-state index contributed by atoms with van der Waals surface area (Å²) in [5.41, 5.74) is 14.2. The number of nitrogen functional groups attached to an aromatic ring is 1. The van der Waals surface area contributed by atoms with Crippen LogP contribution in [-0.4, -0.2) is 39.5 Å². The minimum Gasteiger partial charge on any atom is -0.398 e. The van der Waals surface area contributed by atoms with Gasteiger partial charge >= 0.3 is 0 Å². The summed E-state index contributed by atoms with van der Waals surface area (Å²) in [6.45, 7) is 13.6. The summed E-state index contributed by atoms with van der Waals surface area (Å²) in [5.74, 6) is 0.243. The van der Waals surface area contributed by atoms with Gasteiger partial charge in [0.2, 0.25) is 0 Å². The van der Waals surface area contributed by atoms with Crippen molar-refractivity contribution in [3.8, 4) is 11.1 Å². The van der Waals surface area contributed by atoms with Crippen molar-refractivity contribution in [3.63, 3.8) is 0 Å². The van der Waals surface area contributed by atoms with Gasteiger partial charge in [-0.1, -0.05) is 62.1 Å². The summed E-state index contributed by atoms with van der Waals surface area (Å²) < 4.78 is 14.6. The normalized spacial score (nSPS) is 15.0. The maximum Gasteiger partial charge on any atom is 0.138 e. The minimum atomic E-state index is -0.321. The van der Waals surface area contributed by atoms with Gasteiger partial charge in [-0.15, -0.1) is 0 Å². The van der Waals surface area contributed by atoms with E-state index < -0.39 is 0 Å². The molecule has 0 amide bonds. The molecule has 3 heterocycles. The van der Waals surface area contributed by atoms with Crippen LogP contribution in [0.25, 0.3) is 33.3 Å². The Hall–Kier alpha value is -4.29. The number of rotatable bonds is 8. The summed E-state index contributed by atoms with van der Waals surface area (Å²) in [4.78, 5) is 14.9. The molecule has 0 aliphatic carbocycles. The van der Waals surface area contributed by atoms with Gasteiger partial charge in [-0.05, 0) is 67.8 Å². The maximum absolute atomic E-state index is 14.6. The fraction of sp³-hybridized carbons (Fsp3) is 0.212. The van der Waals surface area contributed by atoms with Gasteiger partial charge in [0.15, 0.2) is 0 Å². The third-order valence-corrected chi connectivity index (χ3v) is 7.32. The first-order valence-electron chi connectivity index (χ1n) is 13.4. The molecule has 5 rings (SSSR count). The lowest BCUT2D eigenvalue weighted by atomic mass is 9.96. The Morgan fingerprint density at radius 1 is 1.10 bits per heavy atom. The first-order valence-corrected chi connectivity index (χ1v) is 13.4. The molecular weight excluding hydrogens is 485 g/mol. The molecule has 3 N–H and O–H groups in total. The van der Waals surface area contributed by atoms with Crippen molar-refractivity contribution in [1.29, 1.82) is 0 Å². The molecule has 1 saturated heterocycles. The van der Waals surface area contributed by atoms with Crippen LogP contribution in [0.15, 0.2) is 91.8 Å². The number of nitrogens with one attached hydrogen (secondary N) is 1. The highest BCUT2D eigenvalue weighted by Gasteiger charge is 2.17. The molecule has 5 nitrogen and oxygen atoms in total. The summed E-state index contributed by atoms with van der Waals surface area (Å²) >= 11 is 0. The molecule has 1 fully saturated rings. The van der Waals surface area contributed by atoms with Crippen molar-refractivity contribution >= 4 is 27.9 Å². The fourth-order valence-corrected chi connectivity index (χ4v) is 5.16. The van der Waals surface area contributed by atoms with Gasteiger partial charge in [-0.2, -0.15) is 0 Å². The topological polar surface area (TPSA) is 70.8 Å². The standard InChI is InChI=1S/C33H34FN5/c1-4-23(21-39-15-9-6-10-16-39)17-24(5-2)25-13-14-30(35)27(18-25)22(3)33-37-31-20-36-19-28(32(31)38-33)26-11-7-8-12-29(26)34/h4-5,7-8,11-14,17-20H,1,3,6,9-10,15-16,21,35H2,2H3,(H,37,38)/b23-17+,24-5+. The number of halogens is 1. The molecule has 0 atom stereocenters. The predicted octanol–water partition coefficient (Wildman–Crippen LogP) is 7.41. The van der Waals surface area contributed by atoms with Crippen molar-refractivity contribution in [2.24, 2.45) is 0 Å². The number of H-pyrrole nitrogens is 1. The largest absolute Gasteiger partial charge is 0.398 e. The molecule has 2 aromatic heterocycles. The van der Waals surface area contributed by atoms with Crippen LogP contribution in [-0.2, 0) is 0 Å². The lowest BCUT2D eigenvalue weighted by molar-refractivity contribution is 0.248. The Kier molecular flexibility index (Phi) is 7.84. The molecule has 198 valence electrons. The van der Waals surface area contributed by atoms with Gasteiger partial charge in [0, 0.05) is 40.7 Å². The van der Waals surface area contributed by atoms with E-state index in [4.69, 9.17) is 10.7 Å². The van der Waals surface area contributed by atoms with E-state index in [-0.39, 0.29) is 5.82 Å². The number of likely N-dealkylation sites (tertiary alicyclic amines) is 1. The number of anilines is 1. The molecular formula is C33H34FN5. The lowest BCUT2D eigenvalue weighted by Gasteiger charge is -2.26. The Balaban J connectivity index is 1.47. The van der Waals surface area contributed by atoms with Gasteiger partial charge in [0.05, 0.1) is 11.7 Å². The number of nitrogens with zero attached hydrogens (tertiary/aromatic N) is 3. The second-order valence-corrected chi connectivity index (χ2v) is 9.93. The van der Waals surface area contributed by atoms with Crippen LogP contribution in [0.1, 0.15) is 43.1 Å². The Morgan fingerprint density at radius 2 is 1.90 bits per heavy atom. The van der Waals surface area contributed by atoms with Crippen LogP contribution in [0.4, 0.5) is 10.1 Å². The maximum atomic E-state index is 14.6. The smallest absolute Gasteiger partial charge is 0.138 e. The molecule has 4 aromatic rings. The second kappa shape index (κ2) is 11.6. The molecule has 0 saturated carbocycles. The fourth-order valence-electron chi connectivity index (χ4n) is 5.16. The van der Waals surface area contributed by atoms with Crippen LogP contribution in [0, 0.1) is 5.82 Å². The van der Waals surface area contributed by atoms with E-state index in [9.17, 15) is 4.39 Å². The monoisotopic (exact) mass is 519 g/mol. The van der Waals surface area contributed by atoms with E-state index in [2.05, 4.69) is 40.2 Å². The molecule has 0 bridgehead atoms. The van der Waals surface area contributed by atoms with Crippen molar-refractivity contribution < 1.29 is 4.39 Å². The van der Waals surface area contributed by atoms with Crippen molar-refractivity contribution in [3.05, 3.63) is 115 Å². The van der Waals surface area contributed by atoms with E-state index in [1.807, 2.05) is 31.2 Å². The van der Waals surface area contributed by atoms with E-state index >= 15 is 0 Å². The first-order chi connectivity index (χ1) is 19.0. The van der Waals surface area contributed by atoms with Gasteiger partial charge in [-0.25, -0.2) is 9.37 Å². The zero-order valence-corrected chi connectivity index (χ0v) is 22.4. The number of hydrogen-bond donors (Lipinski definition) is 2. The SMILES string of the molecule is C=C/C(=C\C(=C/C)c1ccc(N)c(C(=C)c2nc3c(-c4ccccc4F)cncc3[nH]2)c1)CN1CCCCC1. The quantitative estimate of drug-likeness (QED) is 0.188. The Labute approximate surface area is 229 Å². The summed E-state index contributed by atoms with van der Waals surface area (Å²) in [7, 11) is 0. The number of fused-ring (bicyclic) bond motifs is 1.